The Labute approximate surface area is 117 Å². The topological polar surface area (TPSA) is 96.5 Å². The molecule has 1 aromatic heterocycles. The molecule has 0 saturated carbocycles. The molecule has 6 nitrogen and oxygen atoms in total. The lowest BCUT2D eigenvalue weighted by Gasteiger charge is -2.33. The van der Waals surface area contributed by atoms with E-state index in [4.69, 9.17) is 10.8 Å². The third-order valence-corrected chi connectivity index (χ3v) is 3.74. The lowest BCUT2D eigenvalue weighted by molar-refractivity contribution is -0.137. The Morgan fingerprint density at radius 1 is 1.40 bits per heavy atom. The summed E-state index contributed by atoms with van der Waals surface area (Å²) in [5.41, 5.74) is 6.45. The number of primary amides is 1. The lowest BCUT2D eigenvalue weighted by Crippen LogP contribution is -2.34. The Morgan fingerprint density at radius 3 is 2.70 bits per heavy atom. The van der Waals surface area contributed by atoms with Crippen molar-refractivity contribution in [3.05, 3.63) is 24.0 Å². The van der Waals surface area contributed by atoms with E-state index in [1.807, 2.05) is 6.07 Å². The number of amides is 1. The maximum absolute atomic E-state index is 11.1. The van der Waals surface area contributed by atoms with Crippen molar-refractivity contribution in [2.24, 2.45) is 11.7 Å². The molecule has 0 atom stereocenters. The van der Waals surface area contributed by atoms with Crippen LogP contribution in [0.1, 0.15) is 36.2 Å². The molecule has 108 valence electrons. The zero-order chi connectivity index (χ0) is 14.5. The lowest BCUT2D eigenvalue weighted by atomic mass is 9.92. The molecule has 0 aromatic carbocycles. The molecule has 1 amide bonds. The van der Waals surface area contributed by atoms with Gasteiger partial charge in [0, 0.05) is 31.4 Å². The molecule has 20 heavy (non-hydrogen) atoms. The highest BCUT2D eigenvalue weighted by Crippen LogP contribution is 2.26. The van der Waals surface area contributed by atoms with Crippen molar-refractivity contribution in [1.29, 1.82) is 0 Å². The van der Waals surface area contributed by atoms with E-state index in [2.05, 4.69) is 9.88 Å². The summed E-state index contributed by atoms with van der Waals surface area (Å²) in [6, 6.07) is 3.57. The van der Waals surface area contributed by atoms with Crippen LogP contribution in [0, 0.1) is 5.92 Å². The number of hydrogen-bond donors (Lipinski definition) is 2. The van der Waals surface area contributed by atoms with Gasteiger partial charge in [-0.2, -0.15) is 0 Å². The van der Waals surface area contributed by atoms with E-state index >= 15 is 0 Å². The van der Waals surface area contributed by atoms with Gasteiger partial charge in [-0.1, -0.05) is 0 Å². The Hall–Kier alpha value is -2.11. The average molecular weight is 277 g/mol. The minimum absolute atomic E-state index is 0.242. The number of carboxylic acid groups (broad SMARTS) is 1. The number of carboxylic acids is 1. The quantitative estimate of drug-likeness (QED) is 0.844. The van der Waals surface area contributed by atoms with Crippen molar-refractivity contribution in [1.82, 2.24) is 4.98 Å². The van der Waals surface area contributed by atoms with Crippen LogP contribution in [0.2, 0.25) is 0 Å². The van der Waals surface area contributed by atoms with Crippen LogP contribution in [0.25, 0.3) is 0 Å². The number of nitrogens with zero attached hydrogens (tertiary/aromatic N) is 2. The number of carbonyl (C=O) groups is 2. The van der Waals surface area contributed by atoms with Gasteiger partial charge in [0.25, 0.3) is 5.91 Å². The smallest absolute Gasteiger partial charge is 0.303 e. The molecule has 2 heterocycles. The zero-order valence-corrected chi connectivity index (χ0v) is 11.3. The highest BCUT2D eigenvalue weighted by molar-refractivity contribution is 5.91. The minimum atomic E-state index is -0.729. The van der Waals surface area contributed by atoms with Gasteiger partial charge in [0.2, 0.25) is 0 Å². The van der Waals surface area contributed by atoms with E-state index in [0.717, 1.165) is 38.0 Å². The largest absolute Gasteiger partial charge is 0.481 e. The van der Waals surface area contributed by atoms with Crippen LogP contribution in [0.15, 0.2) is 18.3 Å². The monoisotopic (exact) mass is 277 g/mol. The third kappa shape index (κ3) is 3.69. The molecule has 1 aromatic rings. The van der Waals surface area contributed by atoms with Gasteiger partial charge in [-0.05, 0) is 37.3 Å². The number of aromatic nitrogens is 1. The average Bonchev–Trinajstić information content (AvgIpc) is 2.46. The van der Waals surface area contributed by atoms with E-state index in [1.54, 1.807) is 12.3 Å². The van der Waals surface area contributed by atoms with Gasteiger partial charge < -0.3 is 15.7 Å². The standard InChI is InChI=1S/C14H19N3O3/c15-14(20)12-9-11(3-6-16-12)17-7-4-10(5-8-17)1-2-13(18)19/h3,6,9-10H,1-2,4-5,7-8H2,(H2,15,20)(H,18,19). The summed E-state index contributed by atoms with van der Waals surface area (Å²) in [6.07, 6.45) is 4.52. The Bertz CT molecular complexity index is 496. The molecule has 3 N–H and O–H groups in total. The van der Waals surface area contributed by atoms with Crippen molar-refractivity contribution in [3.8, 4) is 0 Å². The van der Waals surface area contributed by atoms with E-state index in [-0.39, 0.29) is 12.1 Å². The van der Waals surface area contributed by atoms with Crippen LogP contribution in [0.5, 0.6) is 0 Å². The highest BCUT2D eigenvalue weighted by Gasteiger charge is 2.20. The number of rotatable bonds is 5. The number of carbonyl (C=O) groups excluding carboxylic acids is 1. The predicted octanol–water partition coefficient (Wildman–Crippen LogP) is 1.26. The molecule has 1 aliphatic heterocycles. The zero-order valence-electron chi connectivity index (χ0n) is 11.3. The maximum atomic E-state index is 11.1. The van der Waals surface area contributed by atoms with E-state index in [0.29, 0.717) is 5.92 Å². The second kappa shape index (κ2) is 6.36. The molecule has 2 rings (SSSR count). The van der Waals surface area contributed by atoms with Crippen molar-refractivity contribution in [2.75, 3.05) is 18.0 Å². The molecule has 1 saturated heterocycles. The van der Waals surface area contributed by atoms with Gasteiger partial charge in [0.1, 0.15) is 5.69 Å². The van der Waals surface area contributed by atoms with Gasteiger partial charge in [-0.25, -0.2) is 0 Å². The molecular formula is C14H19N3O3. The predicted molar refractivity (Wildman–Crippen MR) is 74.6 cm³/mol. The van der Waals surface area contributed by atoms with Gasteiger partial charge in [-0.15, -0.1) is 0 Å². The van der Waals surface area contributed by atoms with Crippen molar-refractivity contribution < 1.29 is 14.7 Å². The molecule has 0 unspecified atom stereocenters. The highest BCUT2D eigenvalue weighted by atomic mass is 16.4. The van der Waals surface area contributed by atoms with Gasteiger partial charge in [-0.3, -0.25) is 14.6 Å². The molecular weight excluding hydrogens is 258 g/mol. The fourth-order valence-electron chi connectivity index (χ4n) is 2.56. The number of nitrogens with two attached hydrogens (primary N) is 1. The minimum Gasteiger partial charge on any atom is -0.481 e. The molecule has 0 radical (unpaired) electrons. The van der Waals surface area contributed by atoms with E-state index in [1.165, 1.54) is 0 Å². The number of hydrogen-bond acceptors (Lipinski definition) is 4. The first-order valence-corrected chi connectivity index (χ1v) is 6.79. The fourth-order valence-corrected chi connectivity index (χ4v) is 2.56. The Balaban J connectivity index is 1.92. The third-order valence-electron chi connectivity index (χ3n) is 3.74. The SMILES string of the molecule is NC(=O)c1cc(N2CCC(CCC(=O)O)CC2)ccn1. The van der Waals surface area contributed by atoms with Gasteiger partial charge >= 0.3 is 5.97 Å². The fraction of sp³-hybridized carbons (Fsp3) is 0.500. The van der Waals surface area contributed by atoms with Crippen molar-refractivity contribution in [3.63, 3.8) is 0 Å². The maximum Gasteiger partial charge on any atom is 0.303 e. The summed E-state index contributed by atoms with van der Waals surface area (Å²) < 4.78 is 0. The van der Waals surface area contributed by atoms with Gasteiger partial charge in [0.05, 0.1) is 0 Å². The first kappa shape index (κ1) is 14.3. The van der Waals surface area contributed by atoms with Crippen LogP contribution >= 0.6 is 0 Å². The first-order chi connectivity index (χ1) is 9.56. The summed E-state index contributed by atoms with van der Waals surface area (Å²) in [5.74, 6) is -0.782. The summed E-state index contributed by atoms with van der Waals surface area (Å²) in [6.45, 7) is 1.74. The summed E-state index contributed by atoms with van der Waals surface area (Å²) in [5, 5.41) is 8.70. The molecule has 0 bridgehead atoms. The van der Waals surface area contributed by atoms with E-state index in [9.17, 15) is 9.59 Å². The number of aliphatic carboxylic acids is 1. The van der Waals surface area contributed by atoms with Crippen LogP contribution in [0.4, 0.5) is 5.69 Å². The normalized spacial score (nSPS) is 16.1. The molecule has 6 heteroatoms. The summed E-state index contributed by atoms with van der Waals surface area (Å²) >= 11 is 0. The van der Waals surface area contributed by atoms with Crippen molar-refractivity contribution >= 4 is 17.6 Å². The molecule has 0 aliphatic carbocycles. The second-order valence-electron chi connectivity index (χ2n) is 5.13. The van der Waals surface area contributed by atoms with Crippen molar-refractivity contribution in [2.45, 2.75) is 25.7 Å². The Kier molecular flexibility index (Phi) is 4.55. The molecule has 1 fully saturated rings. The number of anilines is 1. The van der Waals surface area contributed by atoms with Crippen LogP contribution in [0.3, 0.4) is 0 Å². The van der Waals surface area contributed by atoms with E-state index < -0.39 is 11.9 Å². The van der Waals surface area contributed by atoms with Crippen LogP contribution in [-0.4, -0.2) is 35.1 Å². The molecule has 0 spiro atoms. The summed E-state index contributed by atoms with van der Waals surface area (Å²) in [7, 11) is 0. The Morgan fingerprint density at radius 2 is 2.10 bits per heavy atom. The first-order valence-electron chi connectivity index (χ1n) is 6.79. The number of piperidine rings is 1. The summed E-state index contributed by atoms with van der Waals surface area (Å²) in [4.78, 5) is 27.8. The van der Waals surface area contributed by atoms with Crippen LogP contribution < -0.4 is 10.6 Å². The van der Waals surface area contributed by atoms with Gasteiger partial charge in [0.15, 0.2) is 0 Å². The van der Waals surface area contributed by atoms with Crippen LogP contribution in [-0.2, 0) is 4.79 Å². The number of pyridine rings is 1. The molecule has 1 aliphatic rings. The second-order valence-corrected chi connectivity index (χ2v) is 5.13.